The van der Waals surface area contributed by atoms with E-state index in [1.165, 1.54) is 35.1 Å². The smallest absolute Gasteiger partial charge is 0.257 e. The Morgan fingerprint density at radius 1 is 1.21 bits per heavy atom. The van der Waals surface area contributed by atoms with E-state index in [4.69, 9.17) is 0 Å². The second-order valence-electron chi connectivity index (χ2n) is 4.03. The first-order valence-corrected chi connectivity index (χ1v) is 5.57. The molecule has 0 saturated carbocycles. The van der Waals surface area contributed by atoms with Crippen LogP contribution in [0.25, 0.3) is 5.69 Å². The summed E-state index contributed by atoms with van der Waals surface area (Å²) in [6, 6.07) is 5.58. The van der Waals surface area contributed by atoms with Gasteiger partial charge < -0.3 is 10.6 Å². The molecule has 1 aromatic carbocycles. The van der Waals surface area contributed by atoms with E-state index in [2.05, 4.69) is 15.7 Å². The molecule has 96 valence electrons. The van der Waals surface area contributed by atoms with Crippen LogP contribution in [0.4, 0.5) is 10.2 Å². The van der Waals surface area contributed by atoms with Crippen LogP contribution in [0.1, 0.15) is 10.4 Å². The number of hydrogen-bond acceptors (Lipinski definition) is 3. The van der Waals surface area contributed by atoms with Gasteiger partial charge in [0.05, 0.1) is 18.4 Å². The Hall–Kier alpha value is -2.70. The molecule has 3 rings (SSSR count). The number of benzene rings is 1. The van der Waals surface area contributed by atoms with Gasteiger partial charge in [0, 0.05) is 0 Å². The SMILES string of the molecule is O=C1CNC(=O)c2cnn(-c3ccc(F)cc3)c2N1. The van der Waals surface area contributed by atoms with Crippen LogP contribution in [0.2, 0.25) is 0 Å². The second kappa shape index (κ2) is 4.20. The van der Waals surface area contributed by atoms with Gasteiger partial charge in [-0.2, -0.15) is 5.10 Å². The molecule has 19 heavy (non-hydrogen) atoms. The minimum atomic E-state index is -0.373. The predicted molar refractivity (Wildman–Crippen MR) is 64.5 cm³/mol. The van der Waals surface area contributed by atoms with Crippen LogP contribution in [-0.4, -0.2) is 28.1 Å². The first-order chi connectivity index (χ1) is 9.15. The van der Waals surface area contributed by atoms with Crippen molar-refractivity contribution in [3.05, 3.63) is 41.8 Å². The quantitative estimate of drug-likeness (QED) is 0.792. The average Bonchev–Trinajstić information content (AvgIpc) is 2.74. The van der Waals surface area contributed by atoms with Gasteiger partial charge in [0.15, 0.2) is 0 Å². The summed E-state index contributed by atoms with van der Waals surface area (Å²) in [6.07, 6.45) is 1.36. The van der Waals surface area contributed by atoms with Gasteiger partial charge in [-0.25, -0.2) is 9.07 Å². The lowest BCUT2D eigenvalue weighted by Crippen LogP contribution is -2.28. The van der Waals surface area contributed by atoms with E-state index in [-0.39, 0.29) is 35.6 Å². The van der Waals surface area contributed by atoms with Crippen molar-refractivity contribution in [3.8, 4) is 5.69 Å². The van der Waals surface area contributed by atoms with Crippen molar-refractivity contribution in [1.29, 1.82) is 0 Å². The maximum atomic E-state index is 12.9. The highest BCUT2D eigenvalue weighted by Crippen LogP contribution is 2.21. The normalized spacial score (nSPS) is 14.4. The molecule has 6 nitrogen and oxygen atoms in total. The zero-order valence-electron chi connectivity index (χ0n) is 9.68. The highest BCUT2D eigenvalue weighted by molar-refractivity contribution is 6.07. The van der Waals surface area contributed by atoms with E-state index >= 15 is 0 Å². The lowest BCUT2D eigenvalue weighted by molar-refractivity contribution is -0.115. The Morgan fingerprint density at radius 2 is 1.95 bits per heavy atom. The van der Waals surface area contributed by atoms with Crippen LogP contribution < -0.4 is 10.6 Å². The Bertz CT molecular complexity index is 663. The summed E-state index contributed by atoms with van der Waals surface area (Å²) in [6.45, 7) is -0.0864. The molecule has 1 aliphatic rings. The molecule has 0 saturated heterocycles. The minimum Gasteiger partial charge on any atom is -0.343 e. The Labute approximate surface area is 107 Å². The monoisotopic (exact) mass is 260 g/mol. The third-order valence-corrected chi connectivity index (χ3v) is 2.75. The maximum absolute atomic E-state index is 12.9. The average molecular weight is 260 g/mol. The lowest BCUT2D eigenvalue weighted by atomic mass is 10.3. The standard InChI is InChI=1S/C12H9FN4O2/c13-7-1-3-8(4-2-7)17-11-9(5-15-17)12(19)14-6-10(18)16-11/h1-5H,6H2,(H,14,19)(H,16,18). The number of rotatable bonds is 1. The molecule has 2 N–H and O–H groups in total. The molecule has 0 radical (unpaired) electrons. The number of carbonyl (C=O) groups excluding carboxylic acids is 2. The van der Waals surface area contributed by atoms with E-state index in [0.717, 1.165) is 0 Å². The van der Waals surface area contributed by atoms with Crippen LogP contribution in [0, 0.1) is 5.82 Å². The van der Waals surface area contributed by atoms with Crippen LogP contribution in [0.3, 0.4) is 0 Å². The predicted octanol–water partition coefficient (Wildman–Crippen LogP) is 0.693. The number of nitrogens with zero attached hydrogens (tertiary/aromatic N) is 2. The zero-order valence-corrected chi connectivity index (χ0v) is 9.68. The molecular weight excluding hydrogens is 251 g/mol. The van der Waals surface area contributed by atoms with Gasteiger partial charge in [0.25, 0.3) is 5.91 Å². The number of amides is 2. The van der Waals surface area contributed by atoms with Gasteiger partial charge in [0.2, 0.25) is 5.91 Å². The van der Waals surface area contributed by atoms with Gasteiger partial charge in [-0.05, 0) is 24.3 Å². The number of aromatic nitrogens is 2. The molecular formula is C12H9FN4O2. The summed E-state index contributed by atoms with van der Waals surface area (Å²) in [5.74, 6) is -0.798. The first kappa shape index (κ1) is 11.4. The highest BCUT2D eigenvalue weighted by atomic mass is 19.1. The summed E-state index contributed by atoms with van der Waals surface area (Å²) >= 11 is 0. The molecule has 0 spiro atoms. The second-order valence-corrected chi connectivity index (χ2v) is 4.03. The third kappa shape index (κ3) is 1.95. The molecule has 0 bridgehead atoms. The fourth-order valence-electron chi connectivity index (χ4n) is 1.84. The molecule has 2 heterocycles. The van der Waals surface area contributed by atoms with Gasteiger partial charge in [-0.1, -0.05) is 0 Å². The fraction of sp³-hybridized carbons (Fsp3) is 0.0833. The molecule has 0 unspecified atom stereocenters. The van der Waals surface area contributed by atoms with Crippen molar-refractivity contribution < 1.29 is 14.0 Å². The highest BCUT2D eigenvalue weighted by Gasteiger charge is 2.23. The van der Waals surface area contributed by atoms with Gasteiger partial charge in [-0.15, -0.1) is 0 Å². The van der Waals surface area contributed by atoms with Gasteiger partial charge in [-0.3, -0.25) is 9.59 Å². The topological polar surface area (TPSA) is 76.0 Å². The van der Waals surface area contributed by atoms with E-state index in [9.17, 15) is 14.0 Å². The molecule has 0 fully saturated rings. The van der Waals surface area contributed by atoms with Crippen molar-refractivity contribution in [1.82, 2.24) is 15.1 Å². The number of anilines is 1. The third-order valence-electron chi connectivity index (χ3n) is 2.75. The largest absolute Gasteiger partial charge is 0.343 e. The number of carbonyl (C=O) groups is 2. The van der Waals surface area contributed by atoms with E-state index in [1.807, 2.05) is 0 Å². The van der Waals surface area contributed by atoms with E-state index in [0.29, 0.717) is 5.69 Å². The molecule has 0 aliphatic carbocycles. The van der Waals surface area contributed by atoms with Crippen molar-refractivity contribution in [3.63, 3.8) is 0 Å². The summed E-state index contributed by atoms with van der Waals surface area (Å²) < 4.78 is 14.3. The van der Waals surface area contributed by atoms with Crippen molar-refractivity contribution in [2.75, 3.05) is 11.9 Å². The van der Waals surface area contributed by atoms with Crippen molar-refractivity contribution in [2.45, 2.75) is 0 Å². The zero-order chi connectivity index (χ0) is 13.4. The van der Waals surface area contributed by atoms with Gasteiger partial charge in [0.1, 0.15) is 17.2 Å². The Balaban J connectivity index is 2.11. The number of fused-ring (bicyclic) bond motifs is 1. The molecule has 1 aliphatic heterocycles. The first-order valence-electron chi connectivity index (χ1n) is 5.57. The molecule has 2 amide bonds. The fourth-order valence-corrected chi connectivity index (χ4v) is 1.84. The molecule has 2 aromatic rings. The van der Waals surface area contributed by atoms with Crippen LogP contribution in [-0.2, 0) is 4.79 Å². The van der Waals surface area contributed by atoms with Crippen LogP contribution >= 0.6 is 0 Å². The summed E-state index contributed by atoms with van der Waals surface area (Å²) in [4.78, 5) is 23.2. The number of hydrogen-bond donors (Lipinski definition) is 2. The Kier molecular flexibility index (Phi) is 2.52. The number of nitrogens with one attached hydrogen (secondary N) is 2. The number of halogens is 1. The van der Waals surface area contributed by atoms with Crippen LogP contribution in [0.15, 0.2) is 30.5 Å². The van der Waals surface area contributed by atoms with Crippen LogP contribution in [0.5, 0.6) is 0 Å². The van der Waals surface area contributed by atoms with Crippen molar-refractivity contribution >= 4 is 17.6 Å². The van der Waals surface area contributed by atoms with Crippen molar-refractivity contribution in [2.24, 2.45) is 0 Å². The van der Waals surface area contributed by atoms with E-state index < -0.39 is 0 Å². The molecule has 1 aromatic heterocycles. The van der Waals surface area contributed by atoms with Gasteiger partial charge >= 0.3 is 0 Å². The summed E-state index contributed by atoms with van der Waals surface area (Å²) in [5, 5.41) is 9.10. The summed E-state index contributed by atoms with van der Waals surface area (Å²) in [7, 11) is 0. The van der Waals surface area contributed by atoms with E-state index in [1.54, 1.807) is 0 Å². The maximum Gasteiger partial charge on any atom is 0.257 e. The summed E-state index contributed by atoms with van der Waals surface area (Å²) in [5.41, 5.74) is 0.827. The molecule has 0 atom stereocenters. The minimum absolute atomic E-state index is 0.0864. The lowest BCUT2D eigenvalue weighted by Gasteiger charge is -2.07. The molecule has 7 heteroatoms. The Morgan fingerprint density at radius 3 is 2.68 bits per heavy atom.